The summed E-state index contributed by atoms with van der Waals surface area (Å²) in [6, 6.07) is 7.87. The molecule has 1 aromatic rings. The normalized spacial score (nSPS) is 18.9. The largest absolute Gasteiger partial charge is 0.398 e. The van der Waals surface area contributed by atoms with E-state index in [4.69, 9.17) is 15.7 Å². The third-order valence-electron chi connectivity index (χ3n) is 3.03. The van der Waals surface area contributed by atoms with E-state index in [9.17, 15) is 0 Å². The maximum Gasteiger partial charge on any atom is 0.0670 e. The molecule has 1 fully saturated rings. The lowest BCUT2D eigenvalue weighted by Crippen LogP contribution is -2.14. The number of anilines is 2. The quantitative estimate of drug-likeness (QED) is 0.775. The highest BCUT2D eigenvalue weighted by Crippen LogP contribution is 2.19. The highest BCUT2D eigenvalue weighted by atomic mass is 16.5. The number of hydrogen-bond acceptors (Lipinski definition) is 4. The van der Waals surface area contributed by atoms with Gasteiger partial charge in [-0.2, -0.15) is 5.26 Å². The van der Waals surface area contributed by atoms with Crippen molar-refractivity contribution in [3.05, 3.63) is 23.8 Å². The summed E-state index contributed by atoms with van der Waals surface area (Å²) < 4.78 is 5.32. The molecule has 1 aliphatic rings. The summed E-state index contributed by atoms with van der Waals surface area (Å²) in [4.78, 5) is 0. The van der Waals surface area contributed by atoms with Gasteiger partial charge in [0.2, 0.25) is 0 Å². The van der Waals surface area contributed by atoms with Crippen molar-refractivity contribution in [3.8, 4) is 6.07 Å². The average molecular weight is 231 g/mol. The monoisotopic (exact) mass is 231 g/mol. The van der Waals surface area contributed by atoms with Gasteiger partial charge >= 0.3 is 0 Å². The van der Waals surface area contributed by atoms with Crippen LogP contribution in [0.25, 0.3) is 0 Å². The van der Waals surface area contributed by atoms with Crippen LogP contribution in [0.1, 0.15) is 12.0 Å². The van der Waals surface area contributed by atoms with Crippen LogP contribution in [0.4, 0.5) is 11.4 Å². The van der Waals surface area contributed by atoms with Crippen LogP contribution in [0.5, 0.6) is 0 Å². The van der Waals surface area contributed by atoms with Gasteiger partial charge in [-0.15, -0.1) is 0 Å². The molecule has 3 N–H and O–H groups in total. The molecular formula is C13H17N3O. The first-order valence-electron chi connectivity index (χ1n) is 5.86. The summed E-state index contributed by atoms with van der Waals surface area (Å²) in [5.41, 5.74) is 8.39. The molecule has 0 amide bonds. The fraction of sp³-hybridized carbons (Fsp3) is 0.462. The number of nitrogen functional groups attached to an aromatic ring is 1. The van der Waals surface area contributed by atoms with Crippen LogP contribution in [-0.4, -0.2) is 19.8 Å². The molecule has 1 heterocycles. The molecule has 1 aromatic carbocycles. The lowest BCUT2D eigenvalue weighted by molar-refractivity contribution is 0.187. The van der Waals surface area contributed by atoms with E-state index in [0.717, 1.165) is 37.4 Å². The van der Waals surface area contributed by atoms with Gasteiger partial charge in [0.25, 0.3) is 0 Å². The van der Waals surface area contributed by atoms with Gasteiger partial charge in [-0.1, -0.05) is 0 Å². The molecule has 1 saturated heterocycles. The van der Waals surface area contributed by atoms with Crippen LogP contribution in [0.3, 0.4) is 0 Å². The SMILES string of the molecule is N#CCc1cc(NCC2CCOC2)ccc1N. The molecule has 4 heteroatoms. The predicted octanol–water partition coefficient (Wildman–Crippen LogP) is 1.78. The number of ether oxygens (including phenoxy) is 1. The van der Waals surface area contributed by atoms with Crippen molar-refractivity contribution in [1.82, 2.24) is 0 Å². The second-order valence-electron chi connectivity index (χ2n) is 4.36. The highest BCUT2D eigenvalue weighted by molar-refractivity contribution is 5.58. The molecule has 0 aromatic heterocycles. The maximum atomic E-state index is 8.70. The lowest BCUT2D eigenvalue weighted by atomic mass is 10.1. The molecule has 1 aliphatic heterocycles. The number of rotatable bonds is 4. The van der Waals surface area contributed by atoms with E-state index in [2.05, 4.69) is 11.4 Å². The van der Waals surface area contributed by atoms with Crippen molar-refractivity contribution >= 4 is 11.4 Å². The average Bonchev–Trinajstić information content (AvgIpc) is 2.83. The summed E-state index contributed by atoms with van der Waals surface area (Å²) in [6.07, 6.45) is 1.47. The Morgan fingerprint density at radius 1 is 1.53 bits per heavy atom. The molecule has 0 radical (unpaired) electrons. The van der Waals surface area contributed by atoms with Gasteiger partial charge in [-0.3, -0.25) is 0 Å². The Kier molecular flexibility index (Phi) is 3.84. The molecule has 2 rings (SSSR count). The minimum Gasteiger partial charge on any atom is -0.398 e. The first-order valence-corrected chi connectivity index (χ1v) is 5.86. The van der Waals surface area contributed by atoms with Crippen molar-refractivity contribution in [3.63, 3.8) is 0 Å². The van der Waals surface area contributed by atoms with E-state index >= 15 is 0 Å². The second-order valence-corrected chi connectivity index (χ2v) is 4.36. The second kappa shape index (κ2) is 5.55. The van der Waals surface area contributed by atoms with E-state index in [1.165, 1.54) is 0 Å². The molecule has 0 spiro atoms. The van der Waals surface area contributed by atoms with Gasteiger partial charge in [-0.05, 0) is 30.2 Å². The topological polar surface area (TPSA) is 71.1 Å². The molecule has 0 saturated carbocycles. The van der Waals surface area contributed by atoms with Gasteiger partial charge in [0.1, 0.15) is 0 Å². The van der Waals surface area contributed by atoms with E-state index < -0.39 is 0 Å². The molecule has 1 unspecified atom stereocenters. The number of nitrogens with one attached hydrogen (secondary N) is 1. The van der Waals surface area contributed by atoms with Crippen LogP contribution in [-0.2, 0) is 11.2 Å². The van der Waals surface area contributed by atoms with Crippen LogP contribution in [0.2, 0.25) is 0 Å². The minimum atomic E-state index is 0.355. The zero-order valence-corrected chi connectivity index (χ0v) is 9.78. The van der Waals surface area contributed by atoms with Crippen molar-refractivity contribution in [1.29, 1.82) is 5.26 Å². The van der Waals surface area contributed by atoms with E-state index in [-0.39, 0.29) is 0 Å². The van der Waals surface area contributed by atoms with Crippen LogP contribution >= 0.6 is 0 Å². The first kappa shape index (κ1) is 11.7. The fourth-order valence-electron chi connectivity index (χ4n) is 1.96. The Morgan fingerprint density at radius 3 is 3.12 bits per heavy atom. The lowest BCUT2D eigenvalue weighted by Gasteiger charge is -2.12. The fourth-order valence-corrected chi connectivity index (χ4v) is 1.96. The molecule has 90 valence electrons. The van der Waals surface area contributed by atoms with Gasteiger partial charge in [0, 0.05) is 30.4 Å². The van der Waals surface area contributed by atoms with Crippen molar-refractivity contribution < 1.29 is 4.74 Å². The summed E-state index contributed by atoms with van der Waals surface area (Å²) in [5, 5.41) is 12.1. The number of nitrogens with zero attached hydrogens (tertiary/aromatic N) is 1. The van der Waals surface area contributed by atoms with Gasteiger partial charge in [-0.25, -0.2) is 0 Å². The van der Waals surface area contributed by atoms with Crippen molar-refractivity contribution in [2.75, 3.05) is 30.8 Å². The Balaban J connectivity index is 1.96. The third-order valence-corrected chi connectivity index (χ3v) is 3.03. The highest BCUT2D eigenvalue weighted by Gasteiger charge is 2.15. The summed E-state index contributed by atoms with van der Waals surface area (Å²) in [6.45, 7) is 2.62. The first-order chi connectivity index (χ1) is 8.29. The molecule has 4 nitrogen and oxygen atoms in total. The van der Waals surface area contributed by atoms with Gasteiger partial charge in [0.05, 0.1) is 19.1 Å². The van der Waals surface area contributed by atoms with E-state index in [1.807, 2.05) is 18.2 Å². The van der Waals surface area contributed by atoms with Crippen LogP contribution in [0, 0.1) is 17.2 Å². The number of nitriles is 1. The summed E-state index contributed by atoms with van der Waals surface area (Å²) in [5.74, 6) is 0.590. The number of benzene rings is 1. The molecule has 0 bridgehead atoms. The predicted molar refractivity (Wildman–Crippen MR) is 67.6 cm³/mol. The van der Waals surface area contributed by atoms with Crippen molar-refractivity contribution in [2.24, 2.45) is 5.92 Å². The molecule has 0 aliphatic carbocycles. The van der Waals surface area contributed by atoms with Crippen LogP contribution < -0.4 is 11.1 Å². The number of nitrogens with two attached hydrogens (primary N) is 1. The molecule has 17 heavy (non-hydrogen) atoms. The Labute approximate surface area is 101 Å². The standard InChI is InChI=1S/C13H17N3O/c14-5-3-11-7-12(1-2-13(11)15)16-8-10-4-6-17-9-10/h1-2,7,10,16H,3-4,6,8-9,15H2. The van der Waals surface area contributed by atoms with E-state index in [0.29, 0.717) is 18.0 Å². The zero-order chi connectivity index (χ0) is 12.1. The smallest absolute Gasteiger partial charge is 0.0670 e. The van der Waals surface area contributed by atoms with Gasteiger partial charge in [0.15, 0.2) is 0 Å². The van der Waals surface area contributed by atoms with E-state index in [1.54, 1.807) is 0 Å². The molecule has 1 atom stereocenters. The Morgan fingerprint density at radius 2 is 2.41 bits per heavy atom. The van der Waals surface area contributed by atoms with Gasteiger partial charge < -0.3 is 15.8 Å². The number of hydrogen-bond donors (Lipinski definition) is 2. The summed E-state index contributed by atoms with van der Waals surface area (Å²) in [7, 11) is 0. The van der Waals surface area contributed by atoms with Crippen LogP contribution in [0.15, 0.2) is 18.2 Å². The maximum absolute atomic E-state index is 8.70. The zero-order valence-electron chi connectivity index (χ0n) is 9.78. The van der Waals surface area contributed by atoms with Crippen molar-refractivity contribution in [2.45, 2.75) is 12.8 Å². The molecular weight excluding hydrogens is 214 g/mol. The minimum absolute atomic E-state index is 0.355. The Bertz CT molecular complexity index is 419. The third kappa shape index (κ3) is 3.11. The summed E-state index contributed by atoms with van der Waals surface area (Å²) >= 11 is 0. The Hall–Kier alpha value is -1.73.